The molecule has 0 bridgehead atoms. The fourth-order valence-electron chi connectivity index (χ4n) is 1.74. The molecule has 0 aromatic carbocycles. The standard InChI is InChI=1S/C11H19BrN4/c1-5-8(6-2)16(4)10-9(12)7-14-11(13-3)15-10/h7-8H,5-6H2,1-4H3,(H,13,14,15). The number of halogens is 1. The molecular formula is C11H19BrN4. The Morgan fingerprint density at radius 3 is 2.56 bits per heavy atom. The third-order valence-electron chi connectivity index (χ3n) is 2.77. The van der Waals surface area contributed by atoms with Crippen molar-refractivity contribution in [3.8, 4) is 0 Å². The third-order valence-corrected chi connectivity index (χ3v) is 3.33. The molecule has 5 heteroatoms. The van der Waals surface area contributed by atoms with Gasteiger partial charge in [0.2, 0.25) is 5.95 Å². The van der Waals surface area contributed by atoms with E-state index in [4.69, 9.17) is 0 Å². The SMILES string of the molecule is CCC(CC)N(C)c1nc(NC)ncc1Br. The summed E-state index contributed by atoms with van der Waals surface area (Å²) in [6.45, 7) is 4.39. The molecule has 16 heavy (non-hydrogen) atoms. The van der Waals surface area contributed by atoms with Gasteiger partial charge in [-0.2, -0.15) is 4.98 Å². The molecule has 0 spiro atoms. The van der Waals surface area contributed by atoms with Gasteiger partial charge >= 0.3 is 0 Å². The summed E-state index contributed by atoms with van der Waals surface area (Å²) in [5.41, 5.74) is 0. The molecule has 1 aromatic heterocycles. The normalized spacial score (nSPS) is 10.6. The van der Waals surface area contributed by atoms with E-state index in [-0.39, 0.29) is 0 Å². The van der Waals surface area contributed by atoms with Crippen molar-refractivity contribution in [2.45, 2.75) is 32.7 Å². The lowest BCUT2D eigenvalue weighted by atomic mass is 10.1. The van der Waals surface area contributed by atoms with Gasteiger partial charge in [-0.25, -0.2) is 4.98 Å². The van der Waals surface area contributed by atoms with E-state index in [0.29, 0.717) is 12.0 Å². The zero-order chi connectivity index (χ0) is 12.1. The molecule has 0 aliphatic rings. The van der Waals surface area contributed by atoms with E-state index in [1.165, 1.54) is 0 Å². The molecule has 0 radical (unpaired) electrons. The molecule has 1 heterocycles. The summed E-state index contributed by atoms with van der Waals surface area (Å²) in [4.78, 5) is 10.8. The van der Waals surface area contributed by atoms with E-state index < -0.39 is 0 Å². The van der Waals surface area contributed by atoms with Crippen LogP contribution < -0.4 is 10.2 Å². The van der Waals surface area contributed by atoms with E-state index in [1.807, 2.05) is 7.05 Å². The molecule has 1 N–H and O–H groups in total. The highest BCUT2D eigenvalue weighted by atomic mass is 79.9. The summed E-state index contributed by atoms with van der Waals surface area (Å²) in [7, 11) is 3.90. The summed E-state index contributed by atoms with van der Waals surface area (Å²) in [6.07, 6.45) is 4.00. The highest BCUT2D eigenvalue weighted by Gasteiger charge is 2.15. The number of hydrogen-bond donors (Lipinski definition) is 1. The van der Waals surface area contributed by atoms with Crippen LogP contribution in [0.3, 0.4) is 0 Å². The molecule has 90 valence electrons. The van der Waals surface area contributed by atoms with E-state index in [2.05, 4.69) is 57.0 Å². The van der Waals surface area contributed by atoms with E-state index >= 15 is 0 Å². The molecule has 1 rings (SSSR count). The van der Waals surface area contributed by atoms with Gasteiger partial charge < -0.3 is 10.2 Å². The minimum Gasteiger partial charge on any atom is -0.357 e. The van der Waals surface area contributed by atoms with E-state index in [1.54, 1.807) is 6.20 Å². The van der Waals surface area contributed by atoms with Crippen molar-refractivity contribution < 1.29 is 0 Å². The van der Waals surface area contributed by atoms with E-state index in [0.717, 1.165) is 23.1 Å². The van der Waals surface area contributed by atoms with Crippen LogP contribution in [0.2, 0.25) is 0 Å². The second kappa shape index (κ2) is 6.03. The van der Waals surface area contributed by atoms with Gasteiger partial charge in [-0.15, -0.1) is 0 Å². The average Bonchev–Trinajstić information content (AvgIpc) is 2.31. The minimum atomic E-state index is 0.510. The number of nitrogens with zero attached hydrogens (tertiary/aromatic N) is 3. The van der Waals surface area contributed by atoms with Gasteiger partial charge in [0.05, 0.1) is 4.47 Å². The monoisotopic (exact) mass is 286 g/mol. The Bertz CT molecular complexity index is 339. The maximum Gasteiger partial charge on any atom is 0.224 e. The summed E-state index contributed by atoms with van der Waals surface area (Å²) >= 11 is 3.49. The lowest BCUT2D eigenvalue weighted by Crippen LogP contribution is -2.31. The third kappa shape index (κ3) is 2.84. The molecule has 0 aliphatic heterocycles. The highest BCUT2D eigenvalue weighted by molar-refractivity contribution is 9.10. The number of aromatic nitrogens is 2. The Balaban J connectivity index is 3.01. The van der Waals surface area contributed by atoms with Gasteiger partial charge in [-0.05, 0) is 28.8 Å². The summed E-state index contributed by atoms with van der Waals surface area (Å²) < 4.78 is 0.931. The summed E-state index contributed by atoms with van der Waals surface area (Å²) in [5.74, 6) is 1.59. The molecule has 0 aliphatic carbocycles. The van der Waals surface area contributed by atoms with Gasteiger partial charge in [0.25, 0.3) is 0 Å². The Kier molecular flexibility index (Phi) is 4.99. The second-order valence-corrected chi connectivity index (χ2v) is 4.55. The average molecular weight is 287 g/mol. The lowest BCUT2D eigenvalue weighted by molar-refractivity contribution is 0.585. The first-order chi connectivity index (χ1) is 7.63. The summed E-state index contributed by atoms with van der Waals surface area (Å²) in [5, 5.41) is 2.95. The molecular weight excluding hydrogens is 268 g/mol. The van der Waals surface area contributed by atoms with Gasteiger partial charge in [-0.3, -0.25) is 0 Å². The van der Waals surface area contributed by atoms with Crippen LogP contribution in [-0.4, -0.2) is 30.1 Å². The van der Waals surface area contributed by atoms with Gasteiger partial charge in [0.1, 0.15) is 5.82 Å². The fourth-order valence-corrected chi connectivity index (χ4v) is 2.21. The van der Waals surface area contributed by atoms with Crippen molar-refractivity contribution in [3.63, 3.8) is 0 Å². The van der Waals surface area contributed by atoms with Crippen molar-refractivity contribution in [1.82, 2.24) is 9.97 Å². The maximum absolute atomic E-state index is 4.46. The first-order valence-corrected chi connectivity index (χ1v) is 6.36. The number of hydrogen-bond acceptors (Lipinski definition) is 4. The first kappa shape index (κ1) is 13.2. The van der Waals surface area contributed by atoms with Crippen molar-refractivity contribution in [3.05, 3.63) is 10.7 Å². The predicted octanol–water partition coefficient (Wildman–Crippen LogP) is 2.91. The molecule has 4 nitrogen and oxygen atoms in total. The number of anilines is 2. The largest absolute Gasteiger partial charge is 0.357 e. The maximum atomic E-state index is 4.46. The fraction of sp³-hybridized carbons (Fsp3) is 0.636. The Hall–Kier alpha value is -0.840. The van der Waals surface area contributed by atoms with Crippen LogP contribution in [0, 0.1) is 0 Å². The molecule has 0 fully saturated rings. The zero-order valence-electron chi connectivity index (χ0n) is 10.3. The summed E-state index contributed by atoms with van der Waals surface area (Å²) in [6, 6.07) is 0.510. The van der Waals surface area contributed by atoms with Crippen LogP contribution in [-0.2, 0) is 0 Å². The van der Waals surface area contributed by atoms with Gasteiger partial charge in [0, 0.05) is 26.3 Å². The first-order valence-electron chi connectivity index (χ1n) is 5.57. The van der Waals surface area contributed by atoms with Crippen molar-refractivity contribution >= 4 is 27.7 Å². The molecule has 0 amide bonds. The van der Waals surface area contributed by atoms with Crippen LogP contribution in [0.1, 0.15) is 26.7 Å². The molecule has 0 unspecified atom stereocenters. The Morgan fingerprint density at radius 2 is 2.06 bits per heavy atom. The zero-order valence-corrected chi connectivity index (χ0v) is 11.9. The Morgan fingerprint density at radius 1 is 1.44 bits per heavy atom. The second-order valence-electron chi connectivity index (χ2n) is 3.70. The number of nitrogens with one attached hydrogen (secondary N) is 1. The quantitative estimate of drug-likeness (QED) is 0.904. The smallest absolute Gasteiger partial charge is 0.224 e. The van der Waals surface area contributed by atoms with Crippen molar-refractivity contribution in [1.29, 1.82) is 0 Å². The predicted molar refractivity (Wildman–Crippen MR) is 72.1 cm³/mol. The lowest BCUT2D eigenvalue weighted by Gasteiger charge is -2.28. The topological polar surface area (TPSA) is 41.1 Å². The highest BCUT2D eigenvalue weighted by Crippen LogP contribution is 2.26. The van der Waals surface area contributed by atoms with Crippen LogP contribution in [0.15, 0.2) is 10.7 Å². The van der Waals surface area contributed by atoms with Crippen LogP contribution in [0.25, 0.3) is 0 Å². The van der Waals surface area contributed by atoms with Crippen LogP contribution in [0.4, 0.5) is 11.8 Å². The van der Waals surface area contributed by atoms with Crippen LogP contribution in [0.5, 0.6) is 0 Å². The molecule has 1 aromatic rings. The number of rotatable bonds is 5. The van der Waals surface area contributed by atoms with E-state index in [9.17, 15) is 0 Å². The van der Waals surface area contributed by atoms with Crippen LogP contribution >= 0.6 is 15.9 Å². The molecule has 0 atom stereocenters. The van der Waals surface area contributed by atoms with Crippen molar-refractivity contribution in [2.24, 2.45) is 0 Å². The molecule has 0 saturated carbocycles. The van der Waals surface area contributed by atoms with Gasteiger partial charge in [-0.1, -0.05) is 13.8 Å². The minimum absolute atomic E-state index is 0.510. The van der Waals surface area contributed by atoms with Crippen molar-refractivity contribution in [2.75, 3.05) is 24.3 Å². The Labute approximate surface area is 106 Å². The molecule has 0 saturated heterocycles. The van der Waals surface area contributed by atoms with Gasteiger partial charge in [0.15, 0.2) is 0 Å².